The predicted molar refractivity (Wildman–Crippen MR) is 69.2 cm³/mol. The summed E-state index contributed by atoms with van der Waals surface area (Å²) in [6, 6.07) is 4.36. The molecule has 1 heterocycles. The molecule has 1 aromatic heterocycles. The molecule has 0 aliphatic heterocycles. The number of anilines is 1. The van der Waals surface area contributed by atoms with Crippen LogP contribution in [-0.4, -0.2) is 32.3 Å². The van der Waals surface area contributed by atoms with Gasteiger partial charge in [0.1, 0.15) is 11.9 Å². The van der Waals surface area contributed by atoms with Crippen LogP contribution in [0.4, 0.5) is 11.6 Å². The summed E-state index contributed by atoms with van der Waals surface area (Å²) in [6.07, 6.45) is 3.04. The lowest BCUT2D eigenvalue weighted by molar-refractivity contribution is -0.385. The minimum Gasteiger partial charge on any atom is -0.291 e. The van der Waals surface area contributed by atoms with Crippen LogP contribution in [0.5, 0.6) is 0 Å². The average molecular weight is 279 g/mol. The molecule has 0 saturated carbocycles. The molecule has 0 fully saturated rings. The van der Waals surface area contributed by atoms with Crippen molar-refractivity contribution in [3.8, 4) is 0 Å². The fourth-order valence-electron chi connectivity index (χ4n) is 1.42. The number of nitrogens with zero attached hydrogens (tertiary/aromatic N) is 3. The summed E-state index contributed by atoms with van der Waals surface area (Å²) in [5, 5.41) is 19.3. The first-order valence-corrected chi connectivity index (χ1v) is 6.33. The molecule has 2 N–H and O–H groups in total. The Balaban J connectivity index is 2.35. The molecule has 0 spiro atoms. The summed E-state index contributed by atoms with van der Waals surface area (Å²) in [6.45, 7) is 0. The maximum atomic E-state index is 12.0. The van der Waals surface area contributed by atoms with E-state index >= 15 is 0 Å². The molecule has 2 aromatic rings. The number of hydrogen-bond donors (Lipinski definition) is 2. The third-order valence-corrected chi connectivity index (χ3v) is 3.02. The van der Waals surface area contributed by atoms with Crippen LogP contribution in [0.3, 0.4) is 0 Å². The first kappa shape index (κ1) is 13.0. The van der Waals surface area contributed by atoms with Crippen LogP contribution in [0.2, 0.25) is 0 Å². The highest BCUT2D eigenvalue weighted by atomic mass is 32.2. The summed E-state index contributed by atoms with van der Waals surface area (Å²) in [5.74, 6) is -0.479. The lowest BCUT2D eigenvalue weighted by Crippen LogP contribution is -2.15. The van der Waals surface area contributed by atoms with Crippen LogP contribution in [-0.2, 0) is 0 Å². The van der Waals surface area contributed by atoms with E-state index in [0.29, 0.717) is 0 Å². The number of aromatic nitrogens is 3. The van der Waals surface area contributed by atoms with E-state index < -0.39 is 10.8 Å². The lowest BCUT2D eigenvalue weighted by Gasteiger charge is -2.04. The molecule has 19 heavy (non-hydrogen) atoms. The van der Waals surface area contributed by atoms with Crippen LogP contribution in [0.1, 0.15) is 10.4 Å². The van der Waals surface area contributed by atoms with E-state index in [1.54, 1.807) is 6.07 Å². The molecule has 8 nitrogen and oxygen atoms in total. The van der Waals surface area contributed by atoms with Crippen LogP contribution >= 0.6 is 11.8 Å². The van der Waals surface area contributed by atoms with Gasteiger partial charge in [-0.3, -0.25) is 20.2 Å². The van der Waals surface area contributed by atoms with Gasteiger partial charge >= 0.3 is 0 Å². The first-order valence-electron chi connectivity index (χ1n) is 5.11. The van der Waals surface area contributed by atoms with Crippen LogP contribution in [0.15, 0.2) is 29.4 Å². The van der Waals surface area contributed by atoms with Crippen molar-refractivity contribution in [1.82, 2.24) is 15.2 Å². The summed E-state index contributed by atoms with van der Waals surface area (Å²) in [7, 11) is 0. The molecule has 0 bridgehead atoms. The topological polar surface area (TPSA) is 114 Å². The van der Waals surface area contributed by atoms with Gasteiger partial charge in [0.15, 0.2) is 0 Å². The van der Waals surface area contributed by atoms with Gasteiger partial charge in [-0.1, -0.05) is 0 Å². The van der Waals surface area contributed by atoms with Gasteiger partial charge in [0.25, 0.3) is 11.6 Å². The van der Waals surface area contributed by atoms with E-state index in [1.807, 2.05) is 6.26 Å². The number of H-pyrrole nitrogens is 1. The van der Waals surface area contributed by atoms with Gasteiger partial charge in [0.05, 0.1) is 4.92 Å². The van der Waals surface area contributed by atoms with Crippen molar-refractivity contribution in [2.24, 2.45) is 0 Å². The molecule has 1 aromatic carbocycles. The number of nitrogens with one attached hydrogen (secondary N) is 2. The number of nitro benzene ring substituents is 1. The molecule has 0 aliphatic rings. The first-order chi connectivity index (χ1) is 9.11. The highest BCUT2D eigenvalue weighted by Gasteiger charge is 2.21. The van der Waals surface area contributed by atoms with E-state index in [1.165, 1.54) is 30.2 Å². The van der Waals surface area contributed by atoms with E-state index in [9.17, 15) is 14.9 Å². The molecule has 2 rings (SSSR count). The smallest absolute Gasteiger partial charge is 0.282 e. The van der Waals surface area contributed by atoms with Gasteiger partial charge in [0, 0.05) is 11.0 Å². The van der Waals surface area contributed by atoms with Gasteiger partial charge < -0.3 is 0 Å². The average Bonchev–Trinajstić information content (AvgIpc) is 2.90. The zero-order valence-electron chi connectivity index (χ0n) is 9.78. The standard InChI is InChI=1S/C10H9N5O3S/c1-19-6-2-3-8(15(17)18)7(4-6)9(16)13-10-11-5-12-14-10/h2-5H,1H3,(H2,11,12,13,14,16). The van der Waals surface area contributed by atoms with Gasteiger partial charge in [-0.25, -0.2) is 5.10 Å². The summed E-state index contributed by atoms with van der Waals surface area (Å²) < 4.78 is 0. The zero-order valence-corrected chi connectivity index (χ0v) is 10.6. The van der Waals surface area contributed by atoms with Crippen LogP contribution < -0.4 is 5.32 Å². The SMILES string of the molecule is CSc1ccc([N+](=O)[O-])c(C(=O)Nc2ncn[nH]2)c1. The highest BCUT2D eigenvalue weighted by Crippen LogP contribution is 2.25. The summed E-state index contributed by atoms with van der Waals surface area (Å²) in [5.41, 5.74) is -0.275. The van der Waals surface area contributed by atoms with Gasteiger partial charge in [-0.2, -0.15) is 10.1 Å². The van der Waals surface area contributed by atoms with Crippen molar-refractivity contribution in [2.45, 2.75) is 4.90 Å². The Morgan fingerprint density at radius 1 is 1.53 bits per heavy atom. The van der Waals surface area contributed by atoms with Gasteiger partial charge in [-0.15, -0.1) is 11.8 Å². The predicted octanol–water partition coefficient (Wildman–Crippen LogP) is 1.69. The van der Waals surface area contributed by atoms with Crippen molar-refractivity contribution in [2.75, 3.05) is 11.6 Å². The number of carbonyl (C=O) groups excluding carboxylic acids is 1. The number of hydrogen-bond acceptors (Lipinski definition) is 6. The number of thioether (sulfide) groups is 1. The van der Waals surface area contributed by atoms with Crippen molar-refractivity contribution >= 4 is 29.3 Å². The molecule has 0 radical (unpaired) electrons. The number of amides is 1. The molecule has 98 valence electrons. The molecule has 1 amide bonds. The van der Waals surface area contributed by atoms with E-state index in [-0.39, 0.29) is 17.2 Å². The minimum absolute atomic E-state index is 0.0201. The molecule has 0 aliphatic carbocycles. The van der Waals surface area contributed by atoms with Gasteiger partial charge in [0.2, 0.25) is 5.95 Å². The maximum Gasteiger partial charge on any atom is 0.282 e. The largest absolute Gasteiger partial charge is 0.291 e. The normalized spacial score (nSPS) is 10.2. The molecular formula is C10H9N5O3S. The Labute approximate surface area is 111 Å². The third-order valence-electron chi connectivity index (χ3n) is 2.29. The Hall–Kier alpha value is -2.42. The fourth-order valence-corrected chi connectivity index (χ4v) is 1.86. The monoisotopic (exact) mass is 279 g/mol. The quantitative estimate of drug-likeness (QED) is 0.500. The number of nitro groups is 1. The van der Waals surface area contributed by atoms with E-state index in [4.69, 9.17) is 0 Å². The molecule has 0 saturated heterocycles. The summed E-state index contributed by atoms with van der Waals surface area (Å²) >= 11 is 1.39. The second kappa shape index (κ2) is 5.48. The number of carbonyl (C=O) groups is 1. The highest BCUT2D eigenvalue weighted by molar-refractivity contribution is 7.98. The number of benzene rings is 1. The van der Waals surface area contributed by atoms with E-state index in [0.717, 1.165) is 4.90 Å². The Kier molecular flexibility index (Phi) is 3.76. The number of aromatic amines is 1. The molecule has 0 unspecified atom stereocenters. The van der Waals surface area contributed by atoms with Crippen molar-refractivity contribution in [3.63, 3.8) is 0 Å². The minimum atomic E-state index is -0.612. The number of rotatable bonds is 4. The zero-order chi connectivity index (χ0) is 13.8. The third kappa shape index (κ3) is 2.88. The van der Waals surface area contributed by atoms with Crippen LogP contribution in [0.25, 0.3) is 0 Å². The van der Waals surface area contributed by atoms with Crippen LogP contribution in [0, 0.1) is 10.1 Å². The lowest BCUT2D eigenvalue weighted by atomic mass is 10.1. The van der Waals surface area contributed by atoms with Crippen molar-refractivity contribution in [1.29, 1.82) is 0 Å². The molecule has 9 heteroatoms. The second-order valence-electron chi connectivity index (χ2n) is 3.43. The van der Waals surface area contributed by atoms with Gasteiger partial charge in [-0.05, 0) is 18.4 Å². The second-order valence-corrected chi connectivity index (χ2v) is 4.31. The maximum absolute atomic E-state index is 12.0. The fraction of sp³-hybridized carbons (Fsp3) is 0.100. The van der Waals surface area contributed by atoms with E-state index in [2.05, 4.69) is 20.5 Å². The molecular weight excluding hydrogens is 270 g/mol. The van der Waals surface area contributed by atoms with Crippen molar-refractivity contribution in [3.05, 3.63) is 40.2 Å². The molecule has 0 atom stereocenters. The Morgan fingerprint density at radius 3 is 2.89 bits per heavy atom. The van der Waals surface area contributed by atoms with Crippen molar-refractivity contribution < 1.29 is 9.72 Å². The Bertz CT molecular complexity index is 614. The summed E-state index contributed by atoms with van der Waals surface area (Å²) in [4.78, 5) is 26.8. The Morgan fingerprint density at radius 2 is 2.32 bits per heavy atom.